The fourth-order valence-electron chi connectivity index (χ4n) is 3.04. The number of hydrogen-bond donors (Lipinski definition) is 0. The second kappa shape index (κ2) is 8.17. The molecule has 1 aromatic carbocycles. The van der Waals surface area contributed by atoms with Crippen LogP contribution in [0.4, 0.5) is 0 Å². The van der Waals surface area contributed by atoms with Crippen molar-refractivity contribution in [1.82, 2.24) is 14.9 Å². The van der Waals surface area contributed by atoms with Gasteiger partial charge in [0.15, 0.2) is 15.5 Å². The van der Waals surface area contributed by atoms with Crippen molar-refractivity contribution < 1.29 is 21.6 Å². The molecule has 1 atom stereocenters. The van der Waals surface area contributed by atoms with E-state index in [0.29, 0.717) is 10.6 Å². The van der Waals surface area contributed by atoms with Gasteiger partial charge in [-0.2, -0.15) is 0 Å². The molecule has 0 bridgehead atoms. The zero-order valence-electron chi connectivity index (χ0n) is 15.2. The van der Waals surface area contributed by atoms with Crippen LogP contribution in [0.15, 0.2) is 35.6 Å². The quantitative estimate of drug-likeness (QED) is 0.604. The van der Waals surface area contributed by atoms with Crippen molar-refractivity contribution in [3.8, 4) is 0 Å². The normalized spacial score (nSPS) is 18.5. The molecule has 0 saturated carbocycles. The van der Waals surface area contributed by atoms with Gasteiger partial charge in [0.25, 0.3) is 5.91 Å². The smallest absolute Gasteiger partial charge is 0.274 e. The topological polar surface area (TPSA) is 114 Å². The largest absolute Gasteiger partial charge is 0.329 e. The minimum atomic E-state index is -3.77. The van der Waals surface area contributed by atoms with Gasteiger partial charge in [-0.1, -0.05) is 35.3 Å². The Hall–Kier alpha value is -1.75. The Kier molecular flexibility index (Phi) is 6.19. The molecule has 2 aromatic rings. The summed E-state index contributed by atoms with van der Waals surface area (Å²) < 4.78 is 47.5. The summed E-state index contributed by atoms with van der Waals surface area (Å²) >= 11 is 12.1. The molecule has 1 unspecified atom stereocenters. The summed E-state index contributed by atoms with van der Waals surface area (Å²) in [4.78, 5) is 22.1. The first kappa shape index (κ1) is 21.9. The SMILES string of the molecule is CS(=O)(=O)c1ncc(Cl)c(C(=O)N(Cc2cccc(Cl)c2)C2CCS(=O)(=O)C2)n1. The Labute approximate surface area is 178 Å². The summed E-state index contributed by atoms with van der Waals surface area (Å²) in [6.45, 7) is 0.0636. The highest BCUT2D eigenvalue weighted by Gasteiger charge is 2.36. The van der Waals surface area contributed by atoms with Gasteiger partial charge in [0, 0.05) is 23.9 Å². The maximum atomic E-state index is 13.3. The molecule has 0 radical (unpaired) electrons. The number of rotatable bonds is 5. The van der Waals surface area contributed by atoms with E-state index in [4.69, 9.17) is 23.2 Å². The van der Waals surface area contributed by atoms with E-state index in [1.807, 2.05) is 0 Å². The molecule has 1 aromatic heterocycles. The van der Waals surface area contributed by atoms with Gasteiger partial charge in [0.05, 0.1) is 22.7 Å². The second-order valence-corrected chi connectivity index (χ2v) is 11.7. The standard InChI is InChI=1S/C17H17Cl2N3O5S2/c1-28(24,25)17-20-8-14(19)15(21-17)16(23)22(13-5-6-29(26,27)10-13)9-11-3-2-4-12(18)7-11/h2-4,7-8,13H,5-6,9-10H2,1H3. The van der Waals surface area contributed by atoms with Gasteiger partial charge in [-0.15, -0.1) is 0 Å². The van der Waals surface area contributed by atoms with Crippen LogP contribution in [0.5, 0.6) is 0 Å². The summed E-state index contributed by atoms with van der Waals surface area (Å²) in [6.07, 6.45) is 2.22. The fraction of sp³-hybridized carbons (Fsp3) is 0.353. The number of nitrogens with zero attached hydrogens (tertiary/aromatic N) is 3. The van der Waals surface area contributed by atoms with Crippen LogP contribution >= 0.6 is 23.2 Å². The number of benzene rings is 1. The molecule has 29 heavy (non-hydrogen) atoms. The molecule has 3 rings (SSSR count). The first-order chi connectivity index (χ1) is 13.5. The number of hydrogen-bond acceptors (Lipinski definition) is 7. The average molecular weight is 478 g/mol. The van der Waals surface area contributed by atoms with E-state index >= 15 is 0 Å². The van der Waals surface area contributed by atoms with Gasteiger partial charge >= 0.3 is 0 Å². The van der Waals surface area contributed by atoms with Gasteiger partial charge in [0.2, 0.25) is 15.0 Å². The summed E-state index contributed by atoms with van der Waals surface area (Å²) in [5, 5.41) is -0.195. The average Bonchev–Trinajstić information content (AvgIpc) is 2.98. The van der Waals surface area contributed by atoms with Crippen LogP contribution in [0.1, 0.15) is 22.5 Å². The molecule has 1 aliphatic rings. The van der Waals surface area contributed by atoms with E-state index in [-0.39, 0.29) is 35.2 Å². The molecule has 12 heteroatoms. The zero-order valence-corrected chi connectivity index (χ0v) is 18.4. The van der Waals surface area contributed by atoms with Crippen LogP contribution in [0.2, 0.25) is 10.0 Å². The molecule has 1 fully saturated rings. The number of sulfone groups is 2. The highest BCUT2D eigenvalue weighted by Crippen LogP contribution is 2.25. The lowest BCUT2D eigenvalue weighted by Gasteiger charge is -2.28. The van der Waals surface area contributed by atoms with Crippen LogP contribution in [0, 0.1) is 0 Å². The second-order valence-electron chi connectivity index (χ2n) is 6.74. The Bertz CT molecular complexity index is 1170. The van der Waals surface area contributed by atoms with E-state index in [1.165, 1.54) is 4.90 Å². The lowest BCUT2D eigenvalue weighted by Crippen LogP contribution is -2.41. The number of carbonyl (C=O) groups is 1. The summed E-state index contributed by atoms with van der Waals surface area (Å²) in [5.74, 6) is -0.909. The van der Waals surface area contributed by atoms with E-state index in [1.54, 1.807) is 24.3 Å². The number of amides is 1. The van der Waals surface area contributed by atoms with Crippen molar-refractivity contribution in [3.05, 3.63) is 51.8 Å². The maximum Gasteiger partial charge on any atom is 0.274 e. The first-order valence-corrected chi connectivity index (χ1v) is 12.9. The molecule has 8 nitrogen and oxygen atoms in total. The number of aromatic nitrogens is 2. The fourth-order valence-corrected chi connectivity index (χ4v) is 5.65. The van der Waals surface area contributed by atoms with Crippen molar-refractivity contribution in [3.63, 3.8) is 0 Å². The van der Waals surface area contributed by atoms with Crippen LogP contribution in [-0.4, -0.2) is 61.4 Å². The van der Waals surface area contributed by atoms with Crippen molar-refractivity contribution >= 4 is 48.8 Å². The Morgan fingerprint density at radius 3 is 2.62 bits per heavy atom. The molecule has 1 saturated heterocycles. The highest BCUT2D eigenvalue weighted by molar-refractivity contribution is 7.91. The van der Waals surface area contributed by atoms with E-state index < -0.39 is 36.8 Å². The molecule has 0 aliphatic carbocycles. The third-order valence-corrected chi connectivity index (χ3v) is 7.53. The highest BCUT2D eigenvalue weighted by atomic mass is 35.5. The van der Waals surface area contributed by atoms with Crippen LogP contribution in [0.3, 0.4) is 0 Å². The van der Waals surface area contributed by atoms with E-state index in [9.17, 15) is 21.6 Å². The predicted octanol–water partition coefficient (Wildman–Crippen LogP) is 2.02. The predicted molar refractivity (Wildman–Crippen MR) is 109 cm³/mol. The van der Waals surface area contributed by atoms with Gasteiger partial charge in [-0.3, -0.25) is 4.79 Å². The summed E-state index contributed by atoms with van der Waals surface area (Å²) in [6, 6.07) is 6.20. The third kappa shape index (κ3) is 5.25. The molecule has 156 valence electrons. The zero-order chi connectivity index (χ0) is 21.4. The molecule has 2 heterocycles. The molecular weight excluding hydrogens is 461 g/mol. The van der Waals surface area contributed by atoms with E-state index in [2.05, 4.69) is 9.97 Å². The Morgan fingerprint density at radius 2 is 2.03 bits per heavy atom. The van der Waals surface area contributed by atoms with Crippen molar-refractivity contribution in [2.75, 3.05) is 17.8 Å². The molecule has 1 aliphatic heterocycles. The van der Waals surface area contributed by atoms with Crippen LogP contribution in [-0.2, 0) is 26.2 Å². The van der Waals surface area contributed by atoms with Gasteiger partial charge in [0.1, 0.15) is 0 Å². The van der Waals surface area contributed by atoms with Gasteiger partial charge < -0.3 is 4.90 Å². The monoisotopic (exact) mass is 477 g/mol. The summed E-state index contributed by atoms with van der Waals surface area (Å²) in [7, 11) is -7.05. The molecular formula is C17H17Cl2N3O5S2. The van der Waals surface area contributed by atoms with Gasteiger partial charge in [-0.05, 0) is 24.1 Å². The minimum absolute atomic E-state index is 0.0386. The number of carbonyl (C=O) groups excluding carboxylic acids is 1. The lowest BCUT2D eigenvalue weighted by atomic mass is 10.1. The molecule has 0 spiro atoms. The minimum Gasteiger partial charge on any atom is -0.329 e. The number of halogens is 2. The van der Waals surface area contributed by atoms with Gasteiger partial charge in [-0.25, -0.2) is 26.8 Å². The third-order valence-electron chi connectivity index (χ3n) is 4.41. The van der Waals surface area contributed by atoms with Crippen LogP contribution < -0.4 is 0 Å². The first-order valence-electron chi connectivity index (χ1n) is 8.45. The van der Waals surface area contributed by atoms with Crippen molar-refractivity contribution in [1.29, 1.82) is 0 Å². The van der Waals surface area contributed by atoms with Crippen LogP contribution in [0.25, 0.3) is 0 Å². The molecule has 1 amide bonds. The lowest BCUT2D eigenvalue weighted by molar-refractivity contribution is 0.0674. The maximum absolute atomic E-state index is 13.3. The van der Waals surface area contributed by atoms with E-state index in [0.717, 1.165) is 12.5 Å². The molecule has 0 N–H and O–H groups in total. The van der Waals surface area contributed by atoms with Crippen molar-refractivity contribution in [2.45, 2.75) is 24.2 Å². The summed E-state index contributed by atoms with van der Waals surface area (Å²) in [5.41, 5.74) is 0.386. The van der Waals surface area contributed by atoms with Crippen molar-refractivity contribution in [2.24, 2.45) is 0 Å². The Morgan fingerprint density at radius 1 is 1.31 bits per heavy atom. The Balaban J connectivity index is 2.03.